The minimum Gasteiger partial charge on any atom is -0.324 e. The predicted molar refractivity (Wildman–Crippen MR) is 36.5 cm³/mol. The van der Waals surface area contributed by atoms with Crippen molar-refractivity contribution in [1.82, 2.24) is 0 Å². The summed E-state index contributed by atoms with van der Waals surface area (Å²) in [5.74, 6) is 0. The quantitative estimate of drug-likeness (QED) is 0.495. The Morgan fingerprint density at radius 3 is 1.77 bits per heavy atom. The number of methoxy groups -OCH3 is 1. The standard InChI is InChI=1S/C7H11F5O/c1-13-7(11,12)5-3-2-4-6(8,9)10/h2-5H2,1H3. The lowest BCUT2D eigenvalue weighted by atomic mass is 10.2. The number of halogens is 5. The smallest absolute Gasteiger partial charge is 0.324 e. The summed E-state index contributed by atoms with van der Waals surface area (Å²) in [6.07, 6.45) is -9.73. The second-order valence-electron chi connectivity index (χ2n) is 2.66. The third-order valence-electron chi connectivity index (χ3n) is 1.48. The maximum absolute atomic E-state index is 12.3. The molecule has 0 atom stereocenters. The highest BCUT2D eigenvalue weighted by atomic mass is 19.4. The van der Waals surface area contributed by atoms with Gasteiger partial charge in [-0.2, -0.15) is 22.0 Å². The molecule has 0 amide bonds. The van der Waals surface area contributed by atoms with Crippen molar-refractivity contribution in [3.63, 3.8) is 0 Å². The van der Waals surface area contributed by atoms with Crippen LogP contribution in [0.2, 0.25) is 0 Å². The molecule has 0 aromatic carbocycles. The molecule has 0 bridgehead atoms. The van der Waals surface area contributed by atoms with Gasteiger partial charge in [0.2, 0.25) is 0 Å². The van der Waals surface area contributed by atoms with E-state index in [1.807, 2.05) is 0 Å². The average Bonchev–Trinajstić information content (AvgIpc) is 1.97. The lowest BCUT2D eigenvalue weighted by Crippen LogP contribution is -2.18. The number of alkyl halides is 5. The molecule has 80 valence electrons. The molecule has 0 radical (unpaired) electrons. The summed E-state index contributed by atoms with van der Waals surface area (Å²) in [7, 11) is 0.823. The largest absolute Gasteiger partial charge is 0.389 e. The van der Waals surface area contributed by atoms with E-state index in [4.69, 9.17) is 0 Å². The van der Waals surface area contributed by atoms with Crippen LogP contribution in [0.4, 0.5) is 22.0 Å². The molecule has 0 aliphatic carbocycles. The van der Waals surface area contributed by atoms with E-state index in [1.54, 1.807) is 0 Å². The molecular weight excluding hydrogens is 195 g/mol. The van der Waals surface area contributed by atoms with Gasteiger partial charge in [-0.3, -0.25) is 0 Å². The minimum absolute atomic E-state index is 0.194. The monoisotopic (exact) mass is 206 g/mol. The fourth-order valence-electron chi connectivity index (χ4n) is 0.758. The zero-order valence-electron chi connectivity index (χ0n) is 7.13. The van der Waals surface area contributed by atoms with E-state index >= 15 is 0 Å². The number of unbranched alkanes of at least 4 members (excludes halogenated alkanes) is 1. The maximum atomic E-state index is 12.3. The second kappa shape index (κ2) is 4.74. The molecule has 0 fully saturated rings. The Kier molecular flexibility index (Phi) is 4.60. The van der Waals surface area contributed by atoms with Crippen LogP contribution in [0.15, 0.2) is 0 Å². The number of hydrogen-bond acceptors (Lipinski definition) is 1. The SMILES string of the molecule is COC(F)(F)CCCCC(F)(F)F. The molecule has 1 nitrogen and oxygen atoms in total. The van der Waals surface area contributed by atoms with Gasteiger partial charge in [0.15, 0.2) is 0 Å². The lowest BCUT2D eigenvalue weighted by molar-refractivity contribution is -0.226. The van der Waals surface area contributed by atoms with Gasteiger partial charge in [-0.15, -0.1) is 0 Å². The van der Waals surface area contributed by atoms with E-state index < -0.39 is 25.1 Å². The van der Waals surface area contributed by atoms with E-state index in [9.17, 15) is 22.0 Å². The predicted octanol–water partition coefficient (Wildman–Crippen LogP) is 3.35. The van der Waals surface area contributed by atoms with Gasteiger partial charge >= 0.3 is 12.3 Å². The summed E-state index contributed by atoms with van der Waals surface area (Å²) < 4.78 is 62.9. The van der Waals surface area contributed by atoms with Gasteiger partial charge < -0.3 is 4.74 Å². The zero-order chi connectivity index (χ0) is 10.5. The van der Waals surface area contributed by atoms with Crippen molar-refractivity contribution in [3.05, 3.63) is 0 Å². The van der Waals surface area contributed by atoms with Crippen molar-refractivity contribution >= 4 is 0 Å². The van der Waals surface area contributed by atoms with Crippen molar-refractivity contribution < 1.29 is 26.7 Å². The first kappa shape index (κ1) is 12.6. The highest BCUT2D eigenvalue weighted by Gasteiger charge is 2.30. The van der Waals surface area contributed by atoms with Crippen LogP contribution in [0.3, 0.4) is 0 Å². The van der Waals surface area contributed by atoms with Gasteiger partial charge in [0.25, 0.3) is 0 Å². The van der Waals surface area contributed by atoms with Gasteiger partial charge in [0, 0.05) is 20.0 Å². The van der Waals surface area contributed by atoms with Crippen LogP contribution in [0.5, 0.6) is 0 Å². The molecule has 0 aromatic rings. The Morgan fingerprint density at radius 1 is 0.923 bits per heavy atom. The van der Waals surface area contributed by atoms with Crippen molar-refractivity contribution in [2.45, 2.75) is 38.0 Å². The summed E-state index contributed by atoms with van der Waals surface area (Å²) >= 11 is 0. The molecule has 0 spiro atoms. The van der Waals surface area contributed by atoms with Crippen LogP contribution in [-0.2, 0) is 4.74 Å². The number of rotatable bonds is 5. The molecule has 0 aliphatic heterocycles. The summed E-state index contributed by atoms with van der Waals surface area (Å²) in [5, 5.41) is 0. The van der Waals surface area contributed by atoms with E-state index in [-0.39, 0.29) is 12.8 Å². The molecule has 0 N–H and O–H groups in total. The van der Waals surface area contributed by atoms with Crippen molar-refractivity contribution in [3.8, 4) is 0 Å². The Labute approximate surface area is 72.9 Å². The molecule has 0 aromatic heterocycles. The summed E-state index contributed by atoms with van der Waals surface area (Å²) in [6, 6.07) is 0. The fourth-order valence-corrected chi connectivity index (χ4v) is 0.758. The maximum Gasteiger partial charge on any atom is 0.389 e. The first-order valence-electron chi connectivity index (χ1n) is 3.76. The van der Waals surface area contributed by atoms with Crippen LogP contribution in [0, 0.1) is 0 Å². The minimum atomic E-state index is -4.26. The molecule has 13 heavy (non-hydrogen) atoms. The molecule has 0 aliphatic rings. The van der Waals surface area contributed by atoms with E-state index in [1.165, 1.54) is 0 Å². The molecule has 0 saturated heterocycles. The Bertz CT molecular complexity index is 142. The highest BCUT2D eigenvalue weighted by molar-refractivity contribution is 4.56. The van der Waals surface area contributed by atoms with Gasteiger partial charge in [0.05, 0.1) is 0 Å². The van der Waals surface area contributed by atoms with Gasteiger partial charge in [-0.05, 0) is 12.8 Å². The molecule has 0 saturated carbocycles. The number of hydrogen-bond donors (Lipinski definition) is 0. The molecule has 0 heterocycles. The zero-order valence-corrected chi connectivity index (χ0v) is 7.13. The average molecular weight is 206 g/mol. The molecular formula is C7H11F5O. The van der Waals surface area contributed by atoms with Gasteiger partial charge in [-0.25, -0.2) is 0 Å². The fraction of sp³-hybridized carbons (Fsp3) is 1.00. The summed E-state index contributed by atoms with van der Waals surface area (Å²) in [4.78, 5) is 0. The molecule has 6 heteroatoms. The number of ether oxygens (including phenoxy) is 1. The van der Waals surface area contributed by atoms with Crippen LogP contribution in [-0.4, -0.2) is 19.4 Å². The normalized spacial score (nSPS) is 13.4. The van der Waals surface area contributed by atoms with Crippen molar-refractivity contribution in [2.24, 2.45) is 0 Å². The second-order valence-corrected chi connectivity index (χ2v) is 2.66. The van der Waals surface area contributed by atoms with Crippen molar-refractivity contribution in [1.29, 1.82) is 0 Å². The first-order chi connectivity index (χ1) is 5.77. The topological polar surface area (TPSA) is 9.23 Å². The van der Waals surface area contributed by atoms with E-state index in [0.717, 1.165) is 7.11 Å². The summed E-state index contributed by atoms with van der Waals surface area (Å²) in [5.41, 5.74) is 0. The van der Waals surface area contributed by atoms with Gasteiger partial charge in [0.1, 0.15) is 0 Å². The van der Waals surface area contributed by atoms with Crippen LogP contribution in [0.25, 0.3) is 0 Å². The Balaban J connectivity index is 3.47. The van der Waals surface area contributed by atoms with E-state index in [2.05, 4.69) is 4.74 Å². The lowest BCUT2D eigenvalue weighted by Gasteiger charge is -2.13. The first-order valence-corrected chi connectivity index (χ1v) is 3.76. The molecule has 0 rings (SSSR count). The van der Waals surface area contributed by atoms with Crippen LogP contribution >= 0.6 is 0 Å². The third-order valence-corrected chi connectivity index (χ3v) is 1.48. The highest BCUT2D eigenvalue weighted by Crippen LogP contribution is 2.26. The van der Waals surface area contributed by atoms with Crippen molar-refractivity contribution in [2.75, 3.05) is 7.11 Å². The Hall–Kier alpha value is -0.390. The van der Waals surface area contributed by atoms with Crippen LogP contribution < -0.4 is 0 Å². The Morgan fingerprint density at radius 2 is 1.38 bits per heavy atom. The third kappa shape index (κ3) is 7.95. The van der Waals surface area contributed by atoms with E-state index in [0.29, 0.717) is 0 Å². The molecule has 0 unspecified atom stereocenters. The van der Waals surface area contributed by atoms with Gasteiger partial charge in [-0.1, -0.05) is 0 Å². The van der Waals surface area contributed by atoms with Crippen LogP contribution in [0.1, 0.15) is 25.7 Å². The summed E-state index contributed by atoms with van der Waals surface area (Å²) in [6.45, 7) is 0.